The lowest BCUT2D eigenvalue weighted by atomic mass is 10.00. The van der Waals surface area contributed by atoms with Crippen LogP contribution in [0.15, 0.2) is 48.5 Å². The van der Waals surface area contributed by atoms with Gasteiger partial charge in [0.1, 0.15) is 11.5 Å². The average Bonchev–Trinajstić information content (AvgIpc) is 2.60. The summed E-state index contributed by atoms with van der Waals surface area (Å²) in [5, 5.41) is 0. The first kappa shape index (κ1) is 15.4. The molecule has 0 bridgehead atoms. The lowest BCUT2D eigenvalue weighted by Gasteiger charge is -2.03. The summed E-state index contributed by atoms with van der Waals surface area (Å²) in [4.78, 5) is 36.1. The van der Waals surface area contributed by atoms with Gasteiger partial charge in [0.25, 0.3) is 5.78 Å². The van der Waals surface area contributed by atoms with Crippen LogP contribution in [0.4, 0.5) is 0 Å². The van der Waals surface area contributed by atoms with Gasteiger partial charge in [-0.1, -0.05) is 0 Å². The van der Waals surface area contributed by atoms with Gasteiger partial charge in [0.05, 0.1) is 14.2 Å². The third kappa shape index (κ3) is 3.20. The molecule has 0 N–H and O–H groups in total. The first-order chi connectivity index (χ1) is 10.6. The largest absolute Gasteiger partial charge is 0.497 e. The number of hydrogen-bond acceptors (Lipinski definition) is 5. The Hall–Kier alpha value is -2.95. The average molecular weight is 298 g/mol. The minimum Gasteiger partial charge on any atom is -0.497 e. The Morgan fingerprint density at radius 2 is 0.955 bits per heavy atom. The van der Waals surface area contributed by atoms with Crippen molar-refractivity contribution >= 4 is 17.3 Å². The standard InChI is InChI=1S/C17H14O5/c1-21-13-7-3-11(4-8-13)15(18)17(20)16(19)12-5-9-14(22-2)10-6-12/h3-10H,1-2H3. The monoisotopic (exact) mass is 298 g/mol. The molecule has 0 saturated carbocycles. The van der Waals surface area contributed by atoms with Gasteiger partial charge in [-0.25, -0.2) is 0 Å². The van der Waals surface area contributed by atoms with E-state index in [2.05, 4.69) is 0 Å². The molecule has 0 amide bonds. The van der Waals surface area contributed by atoms with E-state index in [1.165, 1.54) is 38.5 Å². The summed E-state index contributed by atoms with van der Waals surface area (Å²) in [6.07, 6.45) is 0. The van der Waals surface area contributed by atoms with Crippen molar-refractivity contribution in [2.45, 2.75) is 0 Å². The van der Waals surface area contributed by atoms with Gasteiger partial charge >= 0.3 is 0 Å². The summed E-state index contributed by atoms with van der Waals surface area (Å²) < 4.78 is 9.95. The van der Waals surface area contributed by atoms with Gasteiger partial charge in [0, 0.05) is 11.1 Å². The third-order valence-corrected chi connectivity index (χ3v) is 3.12. The Kier molecular flexibility index (Phi) is 4.68. The van der Waals surface area contributed by atoms with Crippen LogP contribution in [0.3, 0.4) is 0 Å². The van der Waals surface area contributed by atoms with E-state index in [4.69, 9.17) is 9.47 Å². The predicted octanol–water partition coefficient (Wildman–Crippen LogP) is 2.34. The minimum atomic E-state index is -1.07. The first-order valence-electron chi connectivity index (χ1n) is 6.48. The minimum absolute atomic E-state index is 0.146. The van der Waals surface area contributed by atoms with Crippen LogP contribution in [-0.4, -0.2) is 31.6 Å². The van der Waals surface area contributed by atoms with E-state index in [-0.39, 0.29) is 11.1 Å². The first-order valence-corrected chi connectivity index (χ1v) is 6.48. The second-order valence-corrected chi connectivity index (χ2v) is 4.44. The molecule has 0 unspecified atom stereocenters. The van der Waals surface area contributed by atoms with Crippen LogP contribution in [-0.2, 0) is 4.79 Å². The van der Waals surface area contributed by atoms with Gasteiger partial charge < -0.3 is 9.47 Å². The van der Waals surface area contributed by atoms with Crippen molar-refractivity contribution in [3.63, 3.8) is 0 Å². The number of carbonyl (C=O) groups is 3. The number of benzene rings is 2. The summed E-state index contributed by atoms with van der Waals surface area (Å²) in [5.74, 6) is -1.64. The van der Waals surface area contributed by atoms with Crippen LogP contribution in [0, 0.1) is 0 Å². The number of methoxy groups -OCH3 is 2. The second-order valence-electron chi connectivity index (χ2n) is 4.44. The van der Waals surface area contributed by atoms with Gasteiger partial charge in [-0.15, -0.1) is 0 Å². The third-order valence-electron chi connectivity index (χ3n) is 3.12. The highest BCUT2D eigenvalue weighted by Gasteiger charge is 2.25. The number of Topliss-reactive ketones (excluding diaryl/α,β-unsaturated/α-hetero) is 3. The number of carbonyl (C=O) groups excluding carboxylic acids is 3. The van der Waals surface area contributed by atoms with E-state index in [0.717, 1.165) is 0 Å². The summed E-state index contributed by atoms with van der Waals surface area (Å²) in [7, 11) is 2.99. The van der Waals surface area contributed by atoms with E-state index in [9.17, 15) is 14.4 Å². The van der Waals surface area contributed by atoms with E-state index < -0.39 is 17.3 Å². The normalized spacial score (nSPS) is 9.91. The maximum absolute atomic E-state index is 12.0. The summed E-state index contributed by atoms with van der Waals surface area (Å²) >= 11 is 0. The Bertz CT molecular complexity index is 637. The van der Waals surface area contributed by atoms with Gasteiger partial charge in [0.15, 0.2) is 0 Å². The zero-order chi connectivity index (χ0) is 16.1. The van der Waals surface area contributed by atoms with Crippen LogP contribution >= 0.6 is 0 Å². The number of hydrogen-bond donors (Lipinski definition) is 0. The zero-order valence-corrected chi connectivity index (χ0v) is 12.2. The Labute approximate surface area is 127 Å². The maximum Gasteiger partial charge on any atom is 0.273 e. The fourth-order valence-electron chi connectivity index (χ4n) is 1.85. The Morgan fingerprint density at radius 3 is 1.23 bits per heavy atom. The Morgan fingerprint density at radius 1 is 0.636 bits per heavy atom. The van der Waals surface area contributed by atoms with Crippen molar-refractivity contribution < 1.29 is 23.9 Å². The highest BCUT2D eigenvalue weighted by molar-refractivity contribution is 6.69. The molecular weight excluding hydrogens is 284 g/mol. The summed E-state index contributed by atoms with van der Waals surface area (Å²) in [6, 6.07) is 12.0. The molecule has 0 aliphatic carbocycles. The van der Waals surface area contributed by atoms with E-state index >= 15 is 0 Å². The predicted molar refractivity (Wildman–Crippen MR) is 79.7 cm³/mol. The van der Waals surface area contributed by atoms with Gasteiger partial charge in [-0.05, 0) is 48.5 Å². The molecule has 22 heavy (non-hydrogen) atoms. The van der Waals surface area contributed by atoms with Crippen molar-refractivity contribution in [1.29, 1.82) is 0 Å². The smallest absolute Gasteiger partial charge is 0.273 e. The molecule has 0 heterocycles. The molecule has 0 spiro atoms. The van der Waals surface area contributed by atoms with Crippen LogP contribution in [0.25, 0.3) is 0 Å². The van der Waals surface area contributed by atoms with Crippen LogP contribution in [0.5, 0.6) is 11.5 Å². The molecule has 2 aromatic carbocycles. The molecule has 5 nitrogen and oxygen atoms in total. The molecule has 112 valence electrons. The fraction of sp³-hybridized carbons (Fsp3) is 0.118. The molecule has 0 fully saturated rings. The Balaban J connectivity index is 2.17. The molecule has 0 aliphatic heterocycles. The van der Waals surface area contributed by atoms with Crippen molar-refractivity contribution in [3.05, 3.63) is 59.7 Å². The SMILES string of the molecule is COc1ccc(C(=O)C(=O)C(=O)c2ccc(OC)cc2)cc1. The number of ether oxygens (including phenoxy) is 2. The highest BCUT2D eigenvalue weighted by atomic mass is 16.5. The maximum atomic E-state index is 12.0. The van der Waals surface area contributed by atoms with Gasteiger partial charge in [0.2, 0.25) is 11.6 Å². The second kappa shape index (κ2) is 6.67. The van der Waals surface area contributed by atoms with E-state index in [1.807, 2.05) is 0 Å². The van der Waals surface area contributed by atoms with Crippen LogP contribution in [0.2, 0.25) is 0 Å². The molecule has 0 atom stereocenters. The quantitative estimate of drug-likeness (QED) is 0.465. The molecule has 0 aliphatic rings. The number of rotatable bonds is 6. The molecule has 0 radical (unpaired) electrons. The fourth-order valence-corrected chi connectivity index (χ4v) is 1.85. The molecule has 2 rings (SSSR count). The van der Waals surface area contributed by atoms with Crippen LogP contribution < -0.4 is 9.47 Å². The lowest BCUT2D eigenvalue weighted by Crippen LogP contribution is -2.24. The highest BCUT2D eigenvalue weighted by Crippen LogP contribution is 2.15. The lowest BCUT2D eigenvalue weighted by molar-refractivity contribution is -0.111. The van der Waals surface area contributed by atoms with Crippen LogP contribution in [0.1, 0.15) is 20.7 Å². The van der Waals surface area contributed by atoms with E-state index in [0.29, 0.717) is 11.5 Å². The van der Waals surface area contributed by atoms with Crippen molar-refractivity contribution in [3.8, 4) is 11.5 Å². The molecule has 2 aromatic rings. The van der Waals surface area contributed by atoms with E-state index in [1.54, 1.807) is 24.3 Å². The van der Waals surface area contributed by atoms with Crippen molar-refractivity contribution in [2.75, 3.05) is 14.2 Å². The van der Waals surface area contributed by atoms with Crippen molar-refractivity contribution in [2.24, 2.45) is 0 Å². The van der Waals surface area contributed by atoms with Crippen molar-refractivity contribution in [1.82, 2.24) is 0 Å². The van der Waals surface area contributed by atoms with Gasteiger partial charge in [-0.2, -0.15) is 0 Å². The van der Waals surface area contributed by atoms with Gasteiger partial charge in [-0.3, -0.25) is 14.4 Å². The summed E-state index contributed by atoms with van der Waals surface area (Å²) in [5.41, 5.74) is 0.292. The summed E-state index contributed by atoms with van der Waals surface area (Å²) in [6.45, 7) is 0. The molecule has 0 saturated heterocycles. The number of ketones is 3. The molecule has 5 heteroatoms. The topological polar surface area (TPSA) is 69.7 Å². The molecule has 0 aromatic heterocycles. The zero-order valence-electron chi connectivity index (χ0n) is 12.2. The molecular formula is C17H14O5.